The molecule has 164 valence electrons. The van der Waals surface area contributed by atoms with Crippen LogP contribution in [0.15, 0.2) is 75.0 Å². The molecule has 0 unspecified atom stereocenters. The summed E-state index contributed by atoms with van der Waals surface area (Å²) in [4.78, 5) is 17.3. The van der Waals surface area contributed by atoms with E-state index in [9.17, 15) is 10.1 Å². The van der Waals surface area contributed by atoms with Crippen molar-refractivity contribution in [2.45, 2.75) is 6.61 Å². The predicted octanol–water partition coefficient (Wildman–Crippen LogP) is 7.10. The molecule has 3 aromatic rings. The molecule has 1 N–H and O–H groups in total. The monoisotopic (exact) mass is 557 g/mol. The minimum atomic E-state index is -0.249. The van der Waals surface area contributed by atoms with Crippen LogP contribution < -0.4 is 10.1 Å². The zero-order chi connectivity index (χ0) is 23.4. The Morgan fingerprint density at radius 1 is 1.15 bits per heavy atom. The van der Waals surface area contributed by atoms with Crippen molar-refractivity contribution in [2.24, 2.45) is 4.99 Å². The van der Waals surface area contributed by atoms with Gasteiger partial charge in [-0.05, 0) is 69.7 Å². The Labute approximate surface area is 213 Å². The first-order valence-corrected chi connectivity index (χ1v) is 11.9. The highest BCUT2D eigenvalue weighted by Crippen LogP contribution is 2.35. The fourth-order valence-corrected chi connectivity index (χ4v) is 4.64. The fourth-order valence-electron chi connectivity index (χ4n) is 2.95. The number of carbonyl (C=O) groups is 1. The van der Waals surface area contributed by atoms with Gasteiger partial charge in [-0.2, -0.15) is 5.26 Å². The van der Waals surface area contributed by atoms with Crippen LogP contribution in [0.25, 0.3) is 6.08 Å². The second-order valence-corrected chi connectivity index (χ2v) is 9.47. The van der Waals surface area contributed by atoms with Crippen LogP contribution in [-0.4, -0.2) is 11.1 Å². The number of nitrogens with zero attached hydrogens (tertiary/aromatic N) is 2. The van der Waals surface area contributed by atoms with Crippen molar-refractivity contribution in [3.8, 4) is 11.8 Å². The van der Waals surface area contributed by atoms with Crippen molar-refractivity contribution in [1.29, 1.82) is 5.26 Å². The SMILES string of the molecule is N#Cc1ccccc1COc1ccc(/C=C2\SC(=Nc3cccc(Cl)c3Cl)NC2=O)cc1Br. The minimum absolute atomic E-state index is 0.249. The number of thioether (sulfide) groups is 1. The number of carbonyl (C=O) groups excluding carboxylic acids is 1. The third-order valence-corrected chi connectivity index (χ3v) is 6.92. The Kier molecular flexibility index (Phi) is 7.41. The first-order valence-electron chi connectivity index (χ1n) is 9.58. The molecule has 1 saturated heterocycles. The maximum Gasteiger partial charge on any atom is 0.264 e. The summed E-state index contributed by atoms with van der Waals surface area (Å²) in [6, 6.07) is 20.1. The van der Waals surface area contributed by atoms with Gasteiger partial charge in [0.15, 0.2) is 5.17 Å². The van der Waals surface area contributed by atoms with Gasteiger partial charge < -0.3 is 10.1 Å². The normalized spacial score (nSPS) is 15.5. The van der Waals surface area contributed by atoms with E-state index in [1.165, 1.54) is 11.8 Å². The second-order valence-electron chi connectivity index (χ2n) is 6.80. The molecular weight excluding hydrogens is 545 g/mol. The summed E-state index contributed by atoms with van der Waals surface area (Å²) in [5.74, 6) is 0.382. The maximum atomic E-state index is 12.4. The van der Waals surface area contributed by atoms with E-state index in [-0.39, 0.29) is 12.5 Å². The van der Waals surface area contributed by atoms with Gasteiger partial charge in [0.2, 0.25) is 0 Å². The van der Waals surface area contributed by atoms with Gasteiger partial charge in [0, 0.05) is 5.56 Å². The Morgan fingerprint density at radius 2 is 1.97 bits per heavy atom. The van der Waals surface area contributed by atoms with Crippen molar-refractivity contribution in [3.05, 3.63) is 96.8 Å². The Bertz CT molecular complexity index is 1350. The molecule has 0 radical (unpaired) electrons. The van der Waals surface area contributed by atoms with Gasteiger partial charge >= 0.3 is 0 Å². The predicted molar refractivity (Wildman–Crippen MR) is 137 cm³/mol. The lowest BCUT2D eigenvalue weighted by molar-refractivity contribution is -0.115. The third kappa shape index (κ3) is 5.60. The molecular formula is C24H14BrCl2N3O2S. The Balaban J connectivity index is 1.48. The molecule has 3 aromatic carbocycles. The van der Waals surface area contributed by atoms with E-state index in [0.29, 0.717) is 37.1 Å². The van der Waals surface area contributed by atoms with Crippen LogP contribution in [0.4, 0.5) is 5.69 Å². The van der Waals surface area contributed by atoms with Gasteiger partial charge in [0.25, 0.3) is 5.91 Å². The van der Waals surface area contributed by atoms with Crippen molar-refractivity contribution in [1.82, 2.24) is 5.32 Å². The topological polar surface area (TPSA) is 74.5 Å². The number of amidine groups is 1. The van der Waals surface area contributed by atoms with Crippen LogP contribution in [0.1, 0.15) is 16.7 Å². The first kappa shape index (κ1) is 23.4. The highest BCUT2D eigenvalue weighted by Gasteiger charge is 2.24. The second kappa shape index (κ2) is 10.4. The molecule has 4 rings (SSSR count). The van der Waals surface area contributed by atoms with Crippen LogP contribution >= 0.6 is 50.9 Å². The van der Waals surface area contributed by atoms with E-state index in [0.717, 1.165) is 15.6 Å². The summed E-state index contributed by atoms with van der Waals surface area (Å²) >= 11 is 16.9. The zero-order valence-electron chi connectivity index (χ0n) is 16.8. The number of halogens is 3. The van der Waals surface area contributed by atoms with E-state index >= 15 is 0 Å². The molecule has 9 heteroatoms. The van der Waals surface area contributed by atoms with Gasteiger partial charge in [0.1, 0.15) is 12.4 Å². The smallest absolute Gasteiger partial charge is 0.264 e. The minimum Gasteiger partial charge on any atom is -0.488 e. The Morgan fingerprint density at radius 3 is 2.76 bits per heavy atom. The number of aliphatic imine (C=N–C) groups is 1. The van der Waals surface area contributed by atoms with Gasteiger partial charge in [0.05, 0.1) is 36.7 Å². The molecule has 0 bridgehead atoms. The summed E-state index contributed by atoms with van der Waals surface area (Å²) in [5.41, 5.74) is 2.68. The number of nitriles is 1. The lowest BCUT2D eigenvalue weighted by Crippen LogP contribution is -2.19. The van der Waals surface area contributed by atoms with Crippen LogP contribution in [0.5, 0.6) is 5.75 Å². The van der Waals surface area contributed by atoms with Gasteiger partial charge in [-0.3, -0.25) is 4.79 Å². The number of hydrogen-bond acceptors (Lipinski definition) is 5. The zero-order valence-corrected chi connectivity index (χ0v) is 20.7. The summed E-state index contributed by atoms with van der Waals surface area (Å²) in [6.07, 6.45) is 1.77. The number of amides is 1. The molecule has 1 amide bonds. The molecule has 0 saturated carbocycles. The van der Waals surface area contributed by atoms with Gasteiger partial charge in [-0.1, -0.05) is 53.5 Å². The molecule has 1 aliphatic heterocycles. The van der Waals surface area contributed by atoms with Crippen molar-refractivity contribution >= 4 is 73.7 Å². The maximum absolute atomic E-state index is 12.4. The lowest BCUT2D eigenvalue weighted by Gasteiger charge is -2.10. The average Bonchev–Trinajstić information content (AvgIpc) is 3.15. The molecule has 0 aliphatic carbocycles. The van der Waals surface area contributed by atoms with Crippen molar-refractivity contribution in [3.63, 3.8) is 0 Å². The summed E-state index contributed by atoms with van der Waals surface area (Å²) in [6.45, 7) is 0.271. The first-order chi connectivity index (χ1) is 15.9. The number of nitrogens with one attached hydrogen (secondary N) is 1. The van der Waals surface area contributed by atoms with Crippen LogP contribution in [0.2, 0.25) is 10.0 Å². The average molecular weight is 559 g/mol. The van der Waals surface area contributed by atoms with Crippen molar-refractivity contribution in [2.75, 3.05) is 0 Å². The van der Waals surface area contributed by atoms with E-state index in [4.69, 9.17) is 27.9 Å². The standard InChI is InChI=1S/C24H14BrCl2N3O2S/c25-17-10-14(8-9-20(17)32-13-16-5-2-1-4-15(16)12-28)11-21-23(31)30-24(33-21)29-19-7-3-6-18(26)22(19)27/h1-11H,13H2,(H,29,30,31)/b21-11-. The van der Waals surface area contributed by atoms with E-state index in [1.54, 1.807) is 30.3 Å². The summed E-state index contributed by atoms with van der Waals surface area (Å²) in [7, 11) is 0. The summed E-state index contributed by atoms with van der Waals surface area (Å²) in [5, 5.41) is 13.1. The van der Waals surface area contributed by atoms with Crippen LogP contribution in [-0.2, 0) is 11.4 Å². The molecule has 1 fully saturated rings. The number of rotatable bonds is 5. The number of benzene rings is 3. The van der Waals surface area contributed by atoms with Crippen LogP contribution in [0, 0.1) is 11.3 Å². The van der Waals surface area contributed by atoms with E-state index < -0.39 is 0 Å². The quantitative estimate of drug-likeness (QED) is 0.339. The van der Waals surface area contributed by atoms with Crippen LogP contribution in [0.3, 0.4) is 0 Å². The molecule has 5 nitrogen and oxygen atoms in total. The number of hydrogen-bond donors (Lipinski definition) is 1. The van der Waals surface area contributed by atoms with Crippen molar-refractivity contribution < 1.29 is 9.53 Å². The Hall–Kier alpha value is -2.76. The number of ether oxygens (including phenoxy) is 1. The van der Waals surface area contributed by atoms with E-state index in [1.807, 2.05) is 36.4 Å². The largest absolute Gasteiger partial charge is 0.488 e. The molecule has 1 aliphatic rings. The fraction of sp³-hybridized carbons (Fsp3) is 0.0417. The molecule has 0 spiro atoms. The molecule has 0 atom stereocenters. The highest BCUT2D eigenvalue weighted by molar-refractivity contribution is 9.10. The highest BCUT2D eigenvalue weighted by atomic mass is 79.9. The molecule has 1 heterocycles. The van der Waals surface area contributed by atoms with Gasteiger partial charge in [-0.15, -0.1) is 0 Å². The molecule has 33 heavy (non-hydrogen) atoms. The van der Waals surface area contributed by atoms with E-state index in [2.05, 4.69) is 32.3 Å². The summed E-state index contributed by atoms with van der Waals surface area (Å²) < 4.78 is 6.60. The van der Waals surface area contributed by atoms with Gasteiger partial charge in [-0.25, -0.2) is 4.99 Å². The third-order valence-electron chi connectivity index (χ3n) is 4.58. The lowest BCUT2D eigenvalue weighted by atomic mass is 10.1. The molecule has 0 aromatic heterocycles.